The number of halogens is 2. The van der Waals surface area contributed by atoms with E-state index < -0.39 is 12.3 Å². The van der Waals surface area contributed by atoms with Gasteiger partial charge in [0.05, 0.1) is 6.61 Å². The first-order chi connectivity index (χ1) is 7.65. The molecule has 4 heteroatoms. The van der Waals surface area contributed by atoms with Gasteiger partial charge < -0.3 is 4.74 Å². The average Bonchev–Trinajstić information content (AvgIpc) is 2.91. The van der Waals surface area contributed by atoms with E-state index in [1.54, 1.807) is 0 Å². The molecule has 16 heavy (non-hydrogen) atoms. The van der Waals surface area contributed by atoms with E-state index in [2.05, 4.69) is 6.92 Å². The van der Waals surface area contributed by atoms with Gasteiger partial charge in [0.15, 0.2) is 0 Å². The lowest BCUT2D eigenvalue weighted by atomic mass is 10.1. The summed E-state index contributed by atoms with van der Waals surface area (Å²) in [5.74, 6) is 0. The summed E-state index contributed by atoms with van der Waals surface area (Å²) in [6, 6.07) is 0. The van der Waals surface area contributed by atoms with Crippen LogP contribution in [0.4, 0.5) is 8.78 Å². The van der Waals surface area contributed by atoms with E-state index in [1.807, 2.05) is 4.90 Å². The van der Waals surface area contributed by atoms with Crippen molar-refractivity contribution < 1.29 is 13.5 Å². The van der Waals surface area contributed by atoms with Gasteiger partial charge in [-0.3, -0.25) is 4.90 Å². The molecule has 2 fully saturated rings. The number of hydrogen-bond acceptors (Lipinski definition) is 2. The second kappa shape index (κ2) is 4.96. The fraction of sp³-hybridized carbons (Fsp3) is 1.00. The normalized spacial score (nSPS) is 33.2. The Morgan fingerprint density at radius 3 is 2.38 bits per heavy atom. The van der Waals surface area contributed by atoms with Crippen molar-refractivity contribution in [3.05, 3.63) is 0 Å². The molecule has 2 atom stereocenters. The van der Waals surface area contributed by atoms with Gasteiger partial charge in [-0.25, -0.2) is 8.78 Å². The lowest BCUT2D eigenvalue weighted by Gasteiger charge is -2.22. The minimum absolute atomic E-state index is 0.207. The summed E-state index contributed by atoms with van der Waals surface area (Å²) in [5.41, 5.74) is 0.207. The minimum atomic E-state index is -1.28. The molecule has 1 saturated carbocycles. The van der Waals surface area contributed by atoms with E-state index in [4.69, 9.17) is 4.74 Å². The van der Waals surface area contributed by atoms with Crippen molar-refractivity contribution >= 4 is 0 Å². The molecule has 1 aliphatic heterocycles. The number of nitrogens with zero attached hydrogens (tertiary/aromatic N) is 1. The molecule has 0 N–H and O–H groups in total. The largest absolute Gasteiger partial charge is 0.381 e. The van der Waals surface area contributed by atoms with E-state index >= 15 is 0 Å². The molecule has 2 aliphatic rings. The quantitative estimate of drug-likeness (QED) is 0.652. The van der Waals surface area contributed by atoms with Gasteiger partial charge in [-0.15, -0.1) is 0 Å². The van der Waals surface area contributed by atoms with Crippen molar-refractivity contribution in [2.24, 2.45) is 5.41 Å². The van der Waals surface area contributed by atoms with Crippen LogP contribution >= 0.6 is 0 Å². The number of alkyl halides is 2. The topological polar surface area (TPSA) is 12.5 Å². The zero-order valence-corrected chi connectivity index (χ0v) is 9.92. The third-order valence-electron chi connectivity index (χ3n) is 3.53. The van der Waals surface area contributed by atoms with Crippen molar-refractivity contribution in [3.63, 3.8) is 0 Å². The fourth-order valence-electron chi connectivity index (χ4n) is 2.36. The highest BCUT2D eigenvalue weighted by Crippen LogP contribution is 2.47. The van der Waals surface area contributed by atoms with E-state index in [0.717, 1.165) is 39.0 Å². The highest BCUT2D eigenvalue weighted by atomic mass is 19.2. The average molecular weight is 233 g/mol. The summed E-state index contributed by atoms with van der Waals surface area (Å²) in [6.45, 7) is 4.96. The first-order valence-electron chi connectivity index (χ1n) is 6.23. The Bertz CT molecular complexity index is 223. The molecule has 1 saturated heterocycles. The Balaban J connectivity index is 1.72. The Kier molecular flexibility index (Phi) is 3.80. The monoisotopic (exact) mass is 233 g/mol. The maximum atomic E-state index is 13.0. The van der Waals surface area contributed by atoms with Crippen molar-refractivity contribution in [3.8, 4) is 0 Å². The van der Waals surface area contributed by atoms with E-state index in [9.17, 15) is 8.78 Å². The molecule has 0 aromatic carbocycles. The zero-order valence-electron chi connectivity index (χ0n) is 9.92. The van der Waals surface area contributed by atoms with Crippen LogP contribution in [0, 0.1) is 5.41 Å². The van der Waals surface area contributed by atoms with Crippen LogP contribution in [-0.4, -0.2) is 50.1 Å². The second-order valence-corrected chi connectivity index (χ2v) is 5.28. The van der Waals surface area contributed by atoms with Crippen LogP contribution in [-0.2, 0) is 4.74 Å². The van der Waals surface area contributed by atoms with Crippen LogP contribution in [0.5, 0.6) is 0 Å². The maximum absolute atomic E-state index is 13.0. The van der Waals surface area contributed by atoms with E-state index in [-0.39, 0.29) is 18.5 Å². The predicted octanol–water partition coefficient (Wildman–Crippen LogP) is 2.19. The van der Waals surface area contributed by atoms with Crippen molar-refractivity contribution in [1.82, 2.24) is 4.90 Å². The van der Waals surface area contributed by atoms with Gasteiger partial charge >= 0.3 is 0 Å². The van der Waals surface area contributed by atoms with Crippen LogP contribution < -0.4 is 0 Å². The molecule has 0 bridgehead atoms. The summed E-state index contributed by atoms with van der Waals surface area (Å²) in [4.78, 5) is 1.91. The Morgan fingerprint density at radius 1 is 1.25 bits per heavy atom. The van der Waals surface area contributed by atoms with Gasteiger partial charge in [0.1, 0.15) is 12.3 Å². The number of hydrogen-bond donors (Lipinski definition) is 0. The van der Waals surface area contributed by atoms with Crippen molar-refractivity contribution in [2.45, 2.75) is 38.5 Å². The Labute approximate surface area is 95.9 Å². The van der Waals surface area contributed by atoms with Crippen LogP contribution in [0.25, 0.3) is 0 Å². The molecule has 0 aromatic heterocycles. The Morgan fingerprint density at radius 2 is 1.88 bits per heavy atom. The number of rotatable bonds is 6. The number of likely N-dealkylation sites (tertiary alicyclic amines) is 1. The molecule has 94 valence electrons. The van der Waals surface area contributed by atoms with Gasteiger partial charge in [-0.2, -0.15) is 0 Å². The van der Waals surface area contributed by atoms with E-state index in [0.29, 0.717) is 0 Å². The SMILES string of the molecule is CCCOCC1(CN2CC(F)C(F)C2)CC1. The molecule has 0 radical (unpaired) electrons. The van der Waals surface area contributed by atoms with Gasteiger partial charge in [0.25, 0.3) is 0 Å². The molecule has 1 aliphatic carbocycles. The molecular weight excluding hydrogens is 212 g/mol. The first-order valence-corrected chi connectivity index (χ1v) is 6.23. The summed E-state index contributed by atoms with van der Waals surface area (Å²) < 4.78 is 31.6. The van der Waals surface area contributed by atoms with Crippen LogP contribution in [0.3, 0.4) is 0 Å². The maximum Gasteiger partial charge on any atom is 0.145 e. The van der Waals surface area contributed by atoms with Crippen LogP contribution in [0.2, 0.25) is 0 Å². The Hall–Kier alpha value is -0.220. The fourth-order valence-corrected chi connectivity index (χ4v) is 2.36. The summed E-state index contributed by atoms with van der Waals surface area (Å²) in [6.07, 6.45) is 0.737. The minimum Gasteiger partial charge on any atom is -0.381 e. The molecule has 2 rings (SSSR count). The standard InChI is InChI=1S/C12H21F2NO/c1-2-5-16-9-12(3-4-12)8-15-6-10(13)11(14)7-15/h10-11H,2-9H2,1H3. The van der Waals surface area contributed by atoms with Gasteiger partial charge in [-0.1, -0.05) is 6.92 Å². The first kappa shape index (κ1) is 12.2. The lowest BCUT2D eigenvalue weighted by Crippen LogP contribution is -2.31. The summed E-state index contributed by atoms with van der Waals surface area (Å²) in [7, 11) is 0. The van der Waals surface area contributed by atoms with Gasteiger partial charge in [0.2, 0.25) is 0 Å². The number of ether oxygens (including phenoxy) is 1. The lowest BCUT2D eigenvalue weighted by molar-refractivity contribution is 0.0735. The molecular formula is C12H21F2NO. The van der Waals surface area contributed by atoms with Crippen molar-refractivity contribution in [1.29, 1.82) is 0 Å². The smallest absolute Gasteiger partial charge is 0.145 e. The zero-order chi connectivity index (χ0) is 11.6. The van der Waals surface area contributed by atoms with Crippen LogP contribution in [0.1, 0.15) is 26.2 Å². The molecule has 0 aromatic rings. The highest BCUT2D eigenvalue weighted by molar-refractivity contribution is 4.98. The van der Waals surface area contributed by atoms with Gasteiger partial charge in [-0.05, 0) is 19.3 Å². The molecule has 1 heterocycles. The predicted molar refractivity (Wildman–Crippen MR) is 59.0 cm³/mol. The van der Waals surface area contributed by atoms with E-state index in [1.165, 1.54) is 0 Å². The van der Waals surface area contributed by atoms with Crippen LogP contribution in [0.15, 0.2) is 0 Å². The molecule has 0 spiro atoms. The third kappa shape index (κ3) is 2.92. The second-order valence-electron chi connectivity index (χ2n) is 5.28. The van der Waals surface area contributed by atoms with Gasteiger partial charge in [0, 0.05) is 31.7 Å². The summed E-state index contributed by atoms with van der Waals surface area (Å²) >= 11 is 0. The molecule has 0 amide bonds. The summed E-state index contributed by atoms with van der Waals surface area (Å²) in [5, 5.41) is 0. The molecule has 2 unspecified atom stereocenters. The molecule has 2 nitrogen and oxygen atoms in total. The highest BCUT2D eigenvalue weighted by Gasteiger charge is 2.46. The third-order valence-corrected chi connectivity index (χ3v) is 3.53. The van der Waals surface area contributed by atoms with Crippen molar-refractivity contribution in [2.75, 3.05) is 32.8 Å².